The van der Waals surface area contributed by atoms with Gasteiger partial charge in [-0.05, 0) is 146 Å². The lowest BCUT2D eigenvalue weighted by Crippen LogP contribution is -2.28. The zero-order valence-corrected chi connectivity index (χ0v) is 37.8. The highest BCUT2D eigenvalue weighted by atomic mass is 16.3. The van der Waals surface area contributed by atoms with Gasteiger partial charge in [-0.2, -0.15) is 0 Å². The Bertz CT molecular complexity index is 2830. The zero-order chi connectivity index (χ0) is 46.8. The molecular formula is C59H56O7. The van der Waals surface area contributed by atoms with Crippen LogP contribution in [-0.2, 0) is 42.9 Å². The normalized spacial score (nSPS) is 12.5. The molecule has 1 atom stereocenters. The third-order valence-corrected chi connectivity index (χ3v) is 13.3. The molecule has 8 rings (SSSR count). The van der Waals surface area contributed by atoms with Crippen molar-refractivity contribution in [2.45, 2.75) is 70.6 Å². The van der Waals surface area contributed by atoms with E-state index in [9.17, 15) is 35.7 Å². The molecular weight excluding hydrogens is 821 g/mol. The summed E-state index contributed by atoms with van der Waals surface area (Å²) in [5.74, 6) is 1.34. The Labute approximate surface area is 386 Å². The first-order valence-electron chi connectivity index (χ1n) is 22.3. The lowest BCUT2D eigenvalue weighted by molar-refractivity contribution is 0.461. The van der Waals surface area contributed by atoms with Crippen molar-refractivity contribution in [1.29, 1.82) is 0 Å². The second kappa shape index (κ2) is 18.5. The highest BCUT2D eigenvalue weighted by Gasteiger charge is 2.33. The van der Waals surface area contributed by atoms with E-state index < -0.39 is 10.8 Å². The average molecular weight is 877 g/mol. The number of hydrogen-bond donors (Lipinski definition) is 7. The summed E-state index contributed by atoms with van der Waals surface area (Å²) in [5.41, 5.74) is 11.6. The minimum atomic E-state index is -0.639. The molecule has 0 aromatic heterocycles. The quantitative estimate of drug-likeness (QED) is 0.0577. The average Bonchev–Trinajstić information content (AvgIpc) is 3.30. The van der Waals surface area contributed by atoms with E-state index in [4.69, 9.17) is 0 Å². The van der Waals surface area contributed by atoms with Gasteiger partial charge in [0.15, 0.2) is 0 Å². The number of hydrogen-bond acceptors (Lipinski definition) is 7. The van der Waals surface area contributed by atoms with E-state index in [1.807, 2.05) is 67.6 Å². The van der Waals surface area contributed by atoms with Gasteiger partial charge >= 0.3 is 0 Å². The van der Waals surface area contributed by atoms with Crippen molar-refractivity contribution in [2.75, 3.05) is 0 Å². The fourth-order valence-corrected chi connectivity index (χ4v) is 9.10. The number of benzene rings is 8. The summed E-state index contributed by atoms with van der Waals surface area (Å²) < 4.78 is 0. The Hall–Kier alpha value is -7.64. The molecule has 0 amide bonds. The molecule has 0 bridgehead atoms. The van der Waals surface area contributed by atoms with E-state index in [1.54, 1.807) is 54.6 Å². The van der Waals surface area contributed by atoms with Crippen LogP contribution < -0.4 is 0 Å². The third kappa shape index (κ3) is 9.86. The Kier molecular flexibility index (Phi) is 12.6. The van der Waals surface area contributed by atoms with Gasteiger partial charge in [0.2, 0.25) is 0 Å². The second-order valence-electron chi connectivity index (χ2n) is 18.5. The summed E-state index contributed by atoms with van der Waals surface area (Å²) in [6.07, 6.45) is 2.36. The molecule has 66 heavy (non-hydrogen) atoms. The van der Waals surface area contributed by atoms with Crippen molar-refractivity contribution in [1.82, 2.24) is 0 Å². The largest absolute Gasteiger partial charge is 0.508 e. The van der Waals surface area contributed by atoms with Crippen LogP contribution in [0.25, 0.3) is 0 Å². The van der Waals surface area contributed by atoms with Crippen LogP contribution in [-0.4, -0.2) is 35.7 Å². The van der Waals surface area contributed by atoms with Gasteiger partial charge in [-0.3, -0.25) is 0 Å². The summed E-state index contributed by atoms with van der Waals surface area (Å²) in [7, 11) is 0. The Morgan fingerprint density at radius 2 is 0.652 bits per heavy atom. The summed E-state index contributed by atoms with van der Waals surface area (Å²) in [5, 5.41) is 74.3. The van der Waals surface area contributed by atoms with Crippen LogP contribution >= 0.6 is 0 Å². The molecule has 7 heteroatoms. The highest BCUT2D eigenvalue weighted by Crippen LogP contribution is 2.43. The van der Waals surface area contributed by atoms with Crippen molar-refractivity contribution >= 4 is 0 Å². The zero-order valence-electron chi connectivity index (χ0n) is 37.8. The topological polar surface area (TPSA) is 142 Å². The molecule has 0 heterocycles. The molecule has 0 aliphatic heterocycles. The summed E-state index contributed by atoms with van der Waals surface area (Å²) in [6.45, 7) is 8.50. The molecule has 7 nitrogen and oxygen atoms in total. The number of aryl methyl sites for hydroxylation is 1. The SMILES string of the molecule is Cc1cc(CC(C)(c2ccc(C(C)(C)c3cc(Cc4ccc(O)cc4)c(O)c(Cc4ccc(O)cc4)c3)cc2)c2cc(Cc3ccc(O)cc3)c(O)c(Cc3ccc(O)cc3)c2)ccc1O. The van der Waals surface area contributed by atoms with Crippen LogP contribution in [0.1, 0.15) is 98.7 Å². The Balaban J connectivity index is 1.23. The van der Waals surface area contributed by atoms with Crippen LogP contribution in [0.4, 0.5) is 0 Å². The minimum Gasteiger partial charge on any atom is -0.508 e. The smallest absolute Gasteiger partial charge is 0.122 e. The van der Waals surface area contributed by atoms with Crippen molar-refractivity contribution in [3.05, 3.63) is 242 Å². The first-order chi connectivity index (χ1) is 31.5. The first-order valence-corrected chi connectivity index (χ1v) is 22.3. The van der Waals surface area contributed by atoms with Crippen molar-refractivity contribution in [3.63, 3.8) is 0 Å². The van der Waals surface area contributed by atoms with Gasteiger partial charge in [0.05, 0.1) is 0 Å². The highest BCUT2D eigenvalue weighted by molar-refractivity contribution is 5.56. The monoisotopic (exact) mass is 876 g/mol. The summed E-state index contributed by atoms with van der Waals surface area (Å²) >= 11 is 0. The molecule has 1 unspecified atom stereocenters. The molecule has 8 aromatic rings. The number of rotatable bonds is 14. The molecule has 7 N–H and O–H groups in total. The van der Waals surface area contributed by atoms with Gasteiger partial charge in [0.25, 0.3) is 0 Å². The molecule has 0 radical (unpaired) electrons. The predicted octanol–water partition coefficient (Wildman–Crippen LogP) is 12.2. The van der Waals surface area contributed by atoms with E-state index >= 15 is 0 Å². The summed E-state index contributed by atoms with van der Waals surface area (Å²) in [6, 6.07) is 50.9. The molecule has 0 aliphatic carbocycles. The fourth-order valence-electron chi connectivity index (χ4n) is 9.10. The maximum absolute atomic E-state index is 12.0. The molecule has 0 saturated heterocycles. The molecule has 0 spiro atoms. The van der Waals surface area contributed by atoms with Gasteiger partial charge in [0, 0.05) is 36.5 Å². The third-order valence-electron chi connectivity index (χ3n) is 13.3. The molecule has 334 valence electrons. The molecule has 0 fully saturated rings. The standard InChI is InChI=1S/C59H56O7/c1-37-27-42(13-26-55(37)64)36-59(4,50-34-45(30-40-9-22-53(62)23-10-40)57(66)46(35-50)31-41-11-24-54(63)25-12-41)48-16-14-47(15-17-48)58(2,3)49-32-43(28-38-5-18-51(60)19-6-38)56(65)44(33-49)29-39-7-20-52(61)21-8-39/h5-27,32-35,60-66H,28-31,36H2,1-4H3. The first kappa shape index (κ1) is 44.9. The number of phenolic OH excluding ortho intramolecular Hbond substituents is 7. The van der Waals surface area contributed by atoms with Crippen LogP contribution in [0.5, 0.6) is 40.2 Å². The fraction of sp³-hybridized carbons (Fsp3) is 0.186. The van der Waals surface area contributed by atoms with E-state index in [0.717, 1.165) is 77.9 Å². The molecule has 8 aromatic carbocycles. The molecule has 0 saturated carbocycles. The Morgan fingerprint density at radius 1 is 0.333 bits per heavy atom. The van der Waals surface area contributed by atoms with Gasteiger partial charge in [-0.15, -0.1) is 0 Å². The minimum absolute atomic E-state index is 0.169. The summed E-state index contributed by atoms with van der Waals surface area (Å²) in [4.78, 5) is 0. The van der Waals surface area contributed by atoms with Gasteiger partial charge in [-0.1, -0.05) is 130 Å². The Morgan fingerprint density at radius 3 is 1.00 bits per heavy atom. The lowest BCUT2D eigenvalue weighted by Gasteiger charge is -2.34. The lowest BCUT2D eigenvalue weighted by atomic mass is 9.69. The maximum atomic E-state index is 12.0. The van der Waals surface area contributed by atoms with Gasteiger partial charge < -0.3 is 35.7 Å². The van der Waals surface area contributed by atoms with Crippen LogP contribution in [0.3, 0.4) is 0 Å². The van der Waals surface area contributed by atoms with Gasteiger partial charge in [-0.25, -0.2) is 0 Å². The van der Waals surface area contributed by atoms with Crippen molar-refractivity contribution in [3.8, 4) is 40.2 Å². The molecule has 0 aliphatic rings. The predicted molar refractivity (Wildman–Crippen MR) is 261 cm³/mol. The van der Waals surface area contributed by atoms with E-state index in [2.05, 4.69) is 69.3 Å². The number of phenols is 7. The van der Waals surface area contributed by atoms with Crippen LogP contribution in [0, 0.1) is 6.92 Å². The van der Waals surface area contributed by atoms with Crippen molar-refractivity contribution < 1.29 is 35.7 Å². The van der Waals surface area contributed by atoms with E-state index in [0.29, 0.717) is 32.1 Å². The van der Waals surface area contributed by atoms with Crippen LogP contribution in [0.15, 0.2) is 164 Å². The second-order valence-corrected chi connectivity index (χ2v) is 18.5. The maximum Gasteiger partial charge on any atom is 0.122 e. The van der Waals surface area contributed by atoms with Gasteiger partial charge in [0.1, 0.15) is 40.2 Å². The van der Waals surface area contributed by atoms with E-state index in [-0.39, 0.29) is 40.2 Å². The number of aromatic hydroxyl groups is 7. The van der Waals surface area contributed by atoms with E-state index in [1.165, 1.54) is 0 Å². The van der Waals surface area contributed by atoms with Crippen LogP contribution in [0.2, 0.25) is 0 Å². The van der Waals surface area contributed by atoms with Crippen molar-refractivity contribution in [2.24, 2.45) is 0 Å².